The highest BCUT2D eigenvalue weighted by molar-refractivity contribution is 5.56. The van der Waals surface area contributed by atoms with E-state index in [1.807, 2.05) is 0 Å². The van der Waals surface area contributed by atoms with Gasteiger partial charge in [-0.15, -0.1) is 0 Å². The van der Waals surface area contributed by atoms with E-state index in [2.05, 4.69) is 56.5 Å². The molecule has 0 unspecified atom stereocenters. The van der Waals surface area contributed by atoms with Crippen molar-refractivity contribution in [2.45, 2.75) is 53.1 Å². The Kier molecular flexibility index (Phi) is 2.90. The van der Waals surface area contributed by atoms with Crippen LogP contribution in [0.4, 0.5) is 5.69 Å². The van der Waals surface area contributed by atoms with Crippen LogP contribution in [-0.4, -0.2) is 12.6 Å². The highest BCUT2D eigenvalue weighted by Crippen LogP contribution is 2.62. The van der Waals surface area contributed by atoms with Crippen LogP contribution in [0.3, 0.4) is 0 Å². The van der Waals surface area contributed by atoms with Gasteiger partial charge in [0.05, 0.1) is 0 Å². The summed E-state index contributed by atoms with van der Waals surface area (Å²) in [6, 6.07) is 7.30. The first-order chi connectivity index (χ1) is 8.94. The molecule has 2 N–H and O–H groups in total. The zero-order valence-electron chi connectivity index (χ0n) is 12.6. The Bertz CT molecular complexity index is 474. The number of hydrogen-bond acceptors (Lipinski definition) is 2. The molecule has 1 aliphatic carbocycles. The number of rotatable bonds is 3. The molecule has 1 heterocycles. The molecule has 19 heavy (non-hydrogen) atoms. The van der Waals surface area contributed by atoms with Gasteiger partial charge in [-0.3, -0.25) is 0 Å². The van der Waals surface area contributed by atoms with E-state index in [1.165, 1.54) is 29.7 Å². The van der Waals surface area contributed by atoms with Gasteiger partial charge < -0.3 is 10.6 Å². The molecule has 2 heteroatoms. The van der Waals surface area contributed by atoms with Crippen LogP contribution in [0.2, 0.25) is 0 Å². The lowest BCUT2D eigenvalue weighted by molar-refractivity contribution is 0.457. The van der Waals surface area contributed by atoms with E-state index in [9.17, 15) is 0 Å². The Morgan fingerprint density at radius 2 is 1.95 bits per heavy atom. The molecule has 1 saturated carbocycles. The number of anilines is 1. The number of nitrogens with one attached hydrogen (secondary N) is 2. The van der Waals surface area contributed by atoms with Crippen molar-refractivity contribution < 1.29 is 0 Å². The van der Waals surface area contributed by atoms with Crippen LogP contribution in [-0.2, 0) is 13.0 Å². The van der Waals surface area contributed by atoms with Gasteiger partial charge in [0.1, 0.15) is 0 Å². The van der Waals surface area contributed by atoms with Gasteiger partial charge >= 0.3 is 0 Å². The summed E-state index contributed by atoms with van der Waals surface area (Å²) < 4.78 is 0. The van der Waals surface area contributed by atoms with Gasteiger partial charge in [0.15, 0.2) is 0 Å². The van der Waals surface area contributed by atoms with Crippen LogP contribution >= 0.6 is 0 Å². The van der Waals surface area contributed by atoms with Crippen molar-refractivity contribution in [3.63, 3.8) is 0 Å². The first-order valence-electron chi connectivity index (χ1n) is 7.52. The molecule has 1 aliphatic heterocycles. The van der Waals surface area contributed by atoms with Crippen molar-refractivity contribution in [2.75, 3.05) is 11.9 Å². The highest BCUT2D eigenvalue weighted by atomic mass is 15.0. The van der Waals surface area contributed by atoms with Gasteiger partial charge in [-0.2, -0.15) is 0 Å². The van der Waals surface area contributed by atoms with Gasteiger partial charge in [-0.1, -0.05) is 39.8 Å². The molecule has 0 radical (unpaired) electrons. The molecule has 0 saturated heterocycles. The molecule has 0 spiro atoms. The lowest BCUT2D eigenvalue weighted by Crippen LogP contribution is -2.23. The van der Waals surface area contributed by atoms with Crippen LogP contribution in [0.15, 0.2) is 18.2 Å². The summed E-state index contributed by atoms with van der Waals surface area (Å²) in [5.74, 6) is 0. The van der Waals surface area contributed by atoms with E-state index in [4.69, 9.17) is 0 Å². The zero-order chi connectivity index (χ0) is 13.7. The van der Waals surface area contributed by atoms with E-state index in [0.717, 1.165) is 13.1 Å². The van der Waals surface area contributed by atoms with Gasteiger partial charge in [-0.05, 0) is 40.9 Å². The van der Waals surface area contributed by atoms with Gasteiger partial charge in [0, 0.05) is 24.8 Å². The third-order valence-corrected chi connectivity index (χ3v) is 5.71. The van der Waals surface area contributed by atoms with Crippen molar-refractivity contribution in [1.29, 1.82) is 0 Å². The normalized spacial score (nSPS) is 23.6. The average molecular weight is 258 g/mol. The summed E-state index contributed by atoms with van der Waals surface area (Å²) in [7, 11) is 0. The third-order valence-electron chi connectivity index (χ3n) is 5.71. The van der Waals surface area contributed by atoms with Crippen molar-refractivity contribution in [3.8, 4) is 0 Å². The molecule has 0 atom stereocenters. The third kappa shape index (κ3) is 1.97. The van der Waals surface area contributed by atoms with Crippen molar-refractivity contribution in [2.24, 2.45) is 10.8 Å². The Balaban J connectivity index is 1.72. The van der Waals surface area contributed by atoms with Crippen molar-refractivity contribution in [1.82, 2.24) is 5.32 Å². The molecule has 1 fully saturated rings. The summed E-state index contributed by atoms with van der Waals surface area (Å²) in [6.45, 7) is 11.6. The van der Waals surface area contributed by atoms with Gasteiger partial charge in [0.25, 0.3) is 0 Å². The van der Waals surface area contributed by atoms with E-state index in [0.29, 0.717) is 16.9 Å². The van der Waals surface area contributed by atoms with Crippen LogP contribution in [0.5, 0.6) is 0 Å². The summed E-state index contributed by atoms with van der Waals surface area (Å²) in [5, 5.41) is 7.29. The molecule has 3 rings (SSSR count). The molecule has 2 nitrogen and oxygen atoms in total. The first-order valence-corrected chi connectivity index (χ1v) is 7.52. The van der Waals surface area contributed by atoms with Crippen LogP contribution in [0, 0.1) is 10.8 Å². The highest BCUT2D eigenvalue weighted by Gasteiger charge is 2.64. The molecule has 0 bridgehead atoms. The molecule has 1 aromatic rings. The molecule has 2 aliphatic rings. The molecular weight excluding hydrogens is 232 g/mol. The van der Waals surface area contributed by atoms with Crippen LogP contribution < -0.4 is 10.6 Å². The lowest BCUT2D eigenvalue weighted by Gasteiger charge is -2.21. The monoisotopic (exact) mass is 258 g/mol. The second-order valence-corrected chi connectivity index (χ2v) is 7.23. The minimum atomic E-state index is 0.417. The minimum Gasteiger partial charge on any atom is -0.385 e. The fourth-order valence-corrected chi connectivity index (χ4v) is 3.67. The molecule has 0 amide bonds. The predicted octanol–water partition coefficient (Wildman–Crippen LogP) is 3.57. The number of hydrogen-bond donors (Lipinski definition) is 2. The summed E-state index contributed by atoms with van der Waals surface area (Å²) in [4.78, 5) is 0. The van der Waals surface area contributed by atoms with Crippen molar-refractivity contribution >= 4 is 5.69 Å². The topological polar surface area (TPSA) is 24.1 Å². The minimum absolute atomic E-state index is 0.417. The Morgan fingerprint density at radius 3 is 2.63 bits per heavy atom. The quantitative estimate of drug-likeness (QED) is 0.866. The molecule has 104 valence electrons. The van der Waals surface area contributed by atoms with Crippen LogP contribution in [0.1, 0.15) is 45.2 Å². The SMILES string of the molecule is CC1(C)C(NCc2cccc3c2CCCN3)C1(C)C. The summed E-state index contributed by atoms with van der Waals surface area (Å²) in [5.41, 5.74) is 5.18. The zero-order valence-corrected chi connectivity index (χ0v) is 12.6. The maximum absolute atomic E-state index is 3.78. The molecule has 0 aromatic heterocycles. The fourth-order valence-electron chi connectivity index (χ4n) is 3.67. The predicted molar refractivity (Wildman–Crippen MR) is 81.4 cm³/mol. The maximum Gasteiger partial charge on any atom is 0.0375 e. The van der Waals surface area contributed by atoms with Gasteiger partial charge in [-0.25, -0.2) is 0 Å². The standard InChI is InChI=1S/C17H26N2/c1-16(2)15(17(16,3)4)19-11-12-7-5-9-14-13(12)8-6-10-18-14/h5,7,9,15,18-19H,6,8,10-11H2,1-4H3. The Hall–Kier alpha value is -1.02. The van der Waals surface area contributed by atoms with Crippen LogP contribution in [0.25, 0.3) is 0 Å². The smallest absolute Gasteiger partial charge is 0.0375 e. The fraction of sp³-hybridized carbons (Fsp3) is 0.647. The number of fused-ring (bicyclic) bond motifs is 1. The maximum atomic E-state index is 3.78. The Morgan fingerprint density at radius 1 is 1.21 bits per heavy atom. The summed E-state index contributed by atoms with van der Waals surface area (Å²) >= 11 is 0. The second-order valence-electron chi connectivity index (χ2n) is 7.23. The number of benzene rings is 1. The van der Waals surface area contributed by atoms with Crippen molar-refractivity contribution in [3.05, 3.63) is 29.3 Å². The van der Waals surface area contributed by atoms with E-state index < -0.39 is 0 Å². The van der Waals surface area contributed by atoms with E-state index >= 15 is 0 Å². The lowest BCUT2D eigenvalue weighted by atomic mass is 9.97. The molecular formula is C17H26N2. The Labute approximate surface area is 117 Å². The average Bonchev–Trinajstić information content (AvgIpc) is 2.77. The summed E-state index contributed by atoms with van der Waals surface area (Å²) in [6.07, 6.45) is 2.47. The largest absolute Gasteiger partial charge is 0.385 e. The van der Waals surface area contributed by atoms with E-state index in [1.54, 1.807) is 0 Å². The second kappa shape index (κ2) is 4.24. The van der Waals surface area contributed by atoms with E-state index in [-0.39, 0.29) is 0 Å². The molecule has 1 aromatic carbocycles. The van der Waals surface area contributed by atoms with Gasteiger partial charge in [0.2, 0.25) is 0 Å². The first kappa shape index (κ1) is 13.0.